The average Bonchev–Trinajstić information content (AvgIpc) is 2.77. The highest BCUT2D eigenvalue weighted by Crippen LogP contribution is 2.32. The van der Waals surface area contributed by atoms with Crippen LogP contribution in [-0.4, -0.2) is 6.54 Å². The maximum Gasteiger partial charge on any atom is 0.193 e. The Bertz CT molecular complexity index is 331. The second-order valence-corrected chi connectivity index (χ2v) is 5.36. The van der Waals surface area contributed by atoms with Crippen LogP contribution in [0.25, 0.3) is 0 Å². The second-order valence-electron chi connectivity index (χ2n) is 4.99. The van der Waals surface area contributed by atoms with Gasteiger partial charge in [0.05, 0.1) is 6.04 Å². The third kappa shape index (κ3) is 3.75. The summed E-state index contributed by atoms with van der Waals surface area (Å²) >= 11 is 5.85. The average molecular weight is 256 g/mol. The summed E-state index contributed by atoms with van der Waals surface area (Å²) < 4.78 is 5.54. The van der Waals surface area contributed by atoms with Gasteiger partial charge in [0.2, 0.25) is 0 Å². The lowest BCUT2D eigenvalue weighted by molar-refractivity contribution is 0.282. The van der Waals surface area contributed by atoms with E-state index in [1.807, 2.05) is 12.1 Å². The molecule has 0 aliphatic heterocycles. The van der Waals surface area contributed by atoms with E-state index in [4.69, 9.17) is 16.0 Å². The minimum absolute atomic E-state index is 0.329. The third-order valence-corrected chi connectivity index (χ3v) is 3.88. The van der Waals surface area contributed by atoms with Crippen LogP contribution in [0.3, 0.4) is 0 Å². The number of furan rings is 1. The Labute approximate surface area is 109 Å². The van der Waals surface area contributed by atoms with Gasteiger partial charge in [0.15, 0.2) is 5.22 Å². The topological polar surface area (TPSA) is 25.2 Å². The quantitative estimate of drug-likeness (QED) is 0.835. The van der Waals surface area contributed by atoms with Crippen molar-refractivity contribution in [1.82, 2.24) is 5.32 Å². The lowest BCUT2D eigenvalue weighted by Gasteiger charge is -2.26. The molecule has 2 nitrogen and oxygen atoms in total. The van der Waals surface area contributed by atoms with Crippen LogP contribution in [0.15, 0.2) is 16.5 Å². The summed E-state index contributed by atoms with van der Waals surface area (Å²) in [6.45, 7) is 3.11. The van der Waals surface area contributed by atoms with E-state index >= 15 is 0 Å². The largest absolute Gasteiger partial charge is 0.448 e. The molecule has 0 radical (unpaired) electrons. The van der Waals surface area contributed by atoms with Crippen molar-refractivity contribution in [2.75, 3.05) is 6.54 Å². The first-order chi connectivity index (χ1) is 8.29. The molecule has 0 saturated heterocycles. The summed E-state index contributed by atoms with van der Waals surface area (Å²) in [6.07, 6.45) is 8.12. The zero-order valence-electron chi connectivity index (χ0n) is 10.5. The molecule has 0 spiro atoms. The first kappa shape index (κ1) is 13.0. The van der Waals surface area contributed by atoms with Gasteiger partial charge in [0, 0.05) is 0 Å². The summed E-state index contributed by atoms with van der Waals surface area (Å²) in [5.41, 5.74) is 0. The van der Waals surface area contributed by atoms with Gasteiger partial charge in [-0.05, 0) is 42.6 Å². The molecule has 1 N–H and O–H groups in total. The minimum atomic E-state index is 0.329. The third-order valence-electron chi connectivity index (χ3n) is 3.68. The maximum atomic E-state index is 5.85. The minimum Gasteiger partial charge on any atom is -0.448 e. The number of nitrogens with one attached hydrogen (secondary N) is 1. The van der Waals surface area contributed by atoms with Crippen molar-refractivity contribution in [1.29, 1.82) is 0 Å². The molecule has 1 saturated carbocycles. The molecule has 17 heavy (non-hydrogen) atoms. The van der Waals surface area contributed by atoms with Gasteiger partial charge in [0.25, 0.3) is 0 Å². The fraction of sp³-hybridized carbons (Fsp3) is 0.714. The summed E-state index contributed by atoms with van der Waals surface area (Å²) in [5.74, 6) is 1.83. The lowest BCUT2D eigenvalue weighted by Crippen LogP contribution is -2.24. The zero-order valence-corrected chi connectivity index (χ0v) is 11.3. The summed E-state index contributed by atoms with van der Waals surface area (Å²) in [5, 5.41) is 4.00. The van der Waals surface area contributed by atoms with Gasteiger partial charge in [-0.2, -0.15) is 0 Å². The molecule has 1 aliphatic rings. The molecular weight excluding hydrogens is 234 g/mol. The van der Waals surface area contributed by atoms with E-state index in [9.17, 15) is 0 Å². The molecule has 0 bridgehead atoms. The van der Waals surface area contributed by atoms with E-state index in [2.05, 4.69) is 12.2 Å². The van der Waals surface area contributed by atoms with E-state index in [0.717, 1.165) is 18.2 Å². The monoisotopic (exact) mass is 255 g/mol. The summed E-state index contributed by atoms with van der Waals surface area (Å²) in [7, 11) is 0. The Morgan fingerprint density at radius 2 is 2.12 bits per heavy atom. The van der Waals surface area contributed by atoms with Gasteiger partial charge in [-0.1, -0.05) is 39.0 Å². The Morgan fingerprint density at radius 1 is 1.35 bits per heavy atom. The van der Waals surface area contributed by atoms with Crippen LogP contribution in [0.5, 0.6) is 0 Å². The summed E-state index contributed by atoms with van der Waals surface area (Å²) in [6, 6.07) is 4.16. The number of rotatable bonds is 5. The van der Waals surface area contributed by atoms with Crippen LogP contribution in [0.2, 0.25) is 5.22 Å². The van der Waals surface area contributed by atoms with Crippen molar-refractivity contribution in [3.63, 3.8) is 0 Å². The smallest absolute Gasteiger partial charge is 0.193 e. The molecule has 1 aromatic rings. The van der Waals surface area contributed by atoms with Crippen LogP contribution in [0.4, 0.5) is 0 Å². The van der Waals surface area contributed by atoms with E-state index in [-0.39, 0.29) is 0 Å². The SMILES string of the molecule is CCNC(CC1CCCCC1)c1ccc(Cl)o1. The Hall–Kier alpha value is -0.470. The fourth-order valence-corrected chi connectivity index (χ4v) is 2.97. The normalized spacial score (nSPS) is 19.4. The van der Waals surface area contributed by atoms with Crippen LogP contribution < -0.4 is 5.32 Å². The van der Waals surface area contributed by atoms with Crippen LogP contribution in [-0.2, 0) is 0 Å². The molecule has 1 atom stereocenters. The number of hydrogen-bond donors (Lipinski definition) is 1. The maximum absolute atomic E-state index is 5.85. The first-order valence-corrected chi connectivity index (χ1v) is 7.16. The molecule has 1 aliphatic carbocycles. The molecule has 3 heteroatoms. The Morgan fingerprint density at radius 3 is 2.71 bits per heavy atom. The highest BCUT2D eigenvalue weighted by molar-refractivity contribution is 6.28. The molecule has 1 unspecified atom stereocenters. The van der Waals surface area contributed by atoms with Crippen LogP contribution in [0.1, 0.15) is 57.3 Å². The van der Waals surface area contributed by atoms with Crippen molar-refractivity contribution < 1.29 is 4.42 Å². The zero-order chi connectivity index (χ0) is 12.1. The van der Waals surface area contributed by atoms with Crippen molar-refractivity contribution in [2.24, 2.45) is 5.92 Å². The Kier molecular flexibility index (Phi) is 4.93. The summed E-state index contributed by atoms with van der Waals surface area (Å²) in [4.78, 5) is 0. The number of halogens is 1. The molecule has 0 aromatic carbocycles. The Balaban J connectivity index is 1.96. The highest BCUT2D eigenvalue weighted by atomic mass is 35.5. The predicted octanol–water partition coefficient (Wildman–Crippen LogP) is 4.55. The first-order valence-electron chi connectivity index (χ1n) is 6.78. The van der Waals surface area contributed by atoms with Gasteiger partial charge in [-0.3, -0.25) is 0 Å². The molecule has 1 heterocycles. The van der Waals surface area contributed by atoms with Crippen molar-refractivity contribution in [2.45, 2.75) is 51.5 Å². The molecule has 0 amide bonds. The molecule has 1 fully saturated rings. The van der Waals surface area contributed by atoms with Gasteiger partial charge < -0.3 is 9.73 Å². The van der Waals surface area contributed by atoms with Gasteiger partial charge in [-0.15, -0.1) is 0 Å². The van der Waals surface area contributed by atoms with Crippen molar-refractivity contribution >= 4 is 11.6 Å². The van der Waals surface area contributed by atoms with Gasteiger partial charge in [-0.25, -0.2) is 0 Å². The van der Waals surface area contributed by atoms with Crippen molar-refractivity contribution in [3.05, 3.63) is 23.1 Å². The molecule has 96 valence electrons. The molecule has 1 aromatic heterocycles. The standard InChI is InChI=1S/C14H22ClNO/c1-2-16-12(13-8-9-14(15)17-13)10-11-6-4-3-5-7-11/h8-9,11-12,16H,2-7,10H2,1H3. The van der Waals surface area contributed by atoms with E-state index in [0.29, 0.717) is 11.3 Å². The van der Waals surface area contributed by atoms with Crippen molar-refractivity contribution in [3.8, 4) is 0 Å². The fourth-order valence-electron chi connectivity index (χ4n) is 2.82. The van der Waals surface area contributed by atoms with E-state index < -0.39 is 0 Å². The second kappa shape index (κ2) is 6.46. The van der Waals surface area contributed by atoms with E-state index in [1.54, 1.807) is 0 Å². The predicted molar refractivity (Wildman–Crippen MR) is 71.3 cm³/mol. The van der Waals surface area contributed by atoms with Gasteiger partial charge in [0.1, 0.15) is 5.76 Å². The highest BCUT2D eigenvalue weighted by Gasteiger charge is 2.21. The molecular formula is C14H22ClNO. The lowest BCUT2D eigenvalue weighted by atomic mass is 9.84. The number of hydrogen-bond acceptors (Lipinski definition) is 2. The molecule has 2 rings (SSSR count). The van der Waals surface area contributed by atoms with Gasteiger partial charge >= 0.3 is 0 Å². The van der Waals surface area contributed by atoms with E-state index in [1.165, 1.54) is 38.5 Å². The van der Waals surface area contributed by atoms with Crippen LogP contribution in [0, 0.1) is 5.92 Å². The van der Waals surface area contributed by atoms with Crippen LogP contribution >= 0.6 is 11.6 Å².